The molecule has 5 nitrogen and oxygen atoms in total. The van der Waals surface area contributed by atoms with E-state index in [1.165, 1.54) is 25.7 Å². The van der Waals surface area contributed by atoms with Gasteiger partial charge in [0.15, 0.2) is 0 Å². The highest BCUT2D eigenvalue weighted by Gasteiger charge is 2.40. The Kier molecular flexibility index (Phi) is 4.70. The summed E-state index contributed by atoms with van der Waals surface area (Å²) in [5.41, 5.74) is 0.986. The highest BCUT2D eigenvalue weighted by molar-refractivity contribution is 5.77. The van der Waals surface area contributed by atoms with Crippen LogP contribution in [0.15, 0.2) is 36.7 Å². The molecule has 1 aromatic heterocycles. The highest BCUT2D eigenvalue weighted by atomic mass is 16.5. The van der Waals surface area contributed by atoms with Gasteiger partial charge in [-0.05, 0) is 54.7 Å². The van der Waals surface area contributed by atoms with Crippen LogP contribution in [0, 0.1) is 17.8 Å². The van der Waals surface area contributed by atoms with Gasteiger partial charge in [0.25, 0.3) is 0 Å². The van der Waals surface area contributed by atoms with E-state index in [9.17, 15) is 4.79 Å². The van der Waals surface area contributed by atoms with Crippen LogP contribution in [0.3, 0.4) is 0 Å². The molecular formula is C21H27N3O2. The van der Waals surface area contributed by atoms with Gasteiger partial charge in [0.1, 0.15) is 17.6 Å². The van der Waals surface area contributed by atoms with Gasteiger partial charge in [0, 0.05) is 25.9 Å². The summed E-state index contributed by atoms with van der Waals surface area (Å²) in [6.45, 7) is 0. The van der Waals surface area contributed by atoms with Crippen LogP contribution in [-0.2, 0) is 11.8 Å². The Morgan fingerprint density at radius 2 is 2.27 bits per heavy atom. The summed E-state index contributed by atoms with van der Waals surface area (Å²) in [4.78, 5) is 17.3. The van der Waals surface area contributed by atoms with Crippen molar-refractivity contribution in [1.29, 1.82) is 0 Å². The average Bonchev–Trinajstić information content (AvgIpc) is 3.37. The molecule has 2 aromatic rings. The normalized spacial score (nSPS) is 25.2. The number of nitrogens with zero attached hydrogens (tertiary/aromatic N) is 2. The Morgan fingerprint density at radius 1 is 1.38 bits per heavy atom. The minimum absolute atomic E-state index is 0.123. The molecule has 138 valence electrons. The lowest BCUT2D eigenvalue weighted by molar-refractivity contribution is -0.123. The van der Waals surface area contributed by atoms with Crippen LogP contribution in [0.5, 0.6) is 5.75 Å². The number of benzene rings is 1. The fraction of sp³-hybridized carbons (Fsp3) is 0.524. The van der Waals surface area contributed by atoms with Crippen LogP contribution in [0.1, 0.15) is 49.5 Å². The van der Waals surface area contributed by atoms with E-state index in [0.717, 1.165) is 29.0 Å². The van der Waals surface area contributed by atoms with E-state index >= 15 is 0 Å². The largest absolute Gasteiger partial charge is 0.497 e. The monoisotopic (exact) mass is 353 g/mol. The van der Waals surface area contributed by atoms with Crippen molar-refractivity contribution >= 4 is 5.91 Å². The zero-order chi connectivity index (χ0) is 18.1. The zero-order valence-corrected chi connectivity index (χ0v) is 15.5. The molecule has 0 aliphatic heterocycles. The van der Waals surface area contributed by atoms with Gasteiger partial charge in [-0.25, -0.2) is 4.98 Å². The molecule has 4 atom stereocenters. The van der Waals surface area contributed by atoms with Gasteiger partial charge in [-0.2, -0.15) is 0 Å². The lowest BCUT2D eigenvalue weighted by Crippen LogP contribution is -2.33. The molecule has 0 radical (unpaired) electrons. The molecule has 0 spiro atoms. The molecule has 2 aliphatic carbocycles. The first-order valence-electron chi connectivity index (χ1n) is 9.54. The fourth-order valence-electron chi connectivity index (χ4n) is 4.86. The molecule has 2 saturated carbocycles. The van der Waals surface area contributed by atoms with Crippen molar-refractivity contribution in [2.75, 3.05) is 7.11 Å². The number of amides is 1. The summed E-state index contributed by atoms with van der Waals surface area (Å²) < 4.78 is 7.32. The Bertz CT molecular complexity index is 785. The van der Waals surface area contributed by atoms with Gasteiger partial charge >= 0.3 is 0 Å². The molecule has 1 aromatic carbocycles. The summed E-state index contributed by atoms with van der Waals surface area (Å²) in [7, 11) is 3.61. The zero-order valence-electron chi connectivity index (χ0n) is 15.5. The van der Waals surface area contributed by atoms with Crippen LogP contribution in [0.25, 0.3) is 0 Å². The van der Waals surface area contributed by atoms with Gasteiger partial charge in [0.2, 0.25) is 5.91 Å². The van der Waals surface area contributed by atoms with E-state index in [1.54, 1.807) is 13.3 Å². The number of nitrogens with one attached hydrogen (secondary N) is 1. The molecule has 1 amide bonds. The maximum Gasteiger partial charge on any atom is 0.221 e. The second kappa shape index (κ2) is 7.14. The minimum Gasteiger partial charge on any atom is -0.497 e. The van der Waals surface area contributed by atoms with Crippen LogP contribution in [-0.4, -0.2) is 22.6 Å². The number of imidazole rings is 1. The molecule has 2 aliphatic rings. The van der Waals surface area contributed by atoms with E-state index in [0.29, 0.717) is 12.3 Å². The van der Waals surface area contributed by atoms with Crippen molar-refractivity contribution in [1.82, 2.24) is 14.9 Å². The van der Waals surface area contributed by atoms with Crippen molar-refractivity contribution in [3.05, 3.63) is 48.0 Å². The quantitative estimate of drug-likeness (QED) is 0.865. The smallest absolute Gasteiger partial charge is 0.221 e. The average molecular weight is 353 g/mol. The predicted molar refractivity (Wildman–Crippen MR) is 99.7 cm³/mol. The lowest BCUT2D eigenvalue weighted by atomic mass is 9.86. The van der Waals surface area contributed by atoms with Gasteiger partial charge in [-0.1, -0.05) is 18.6 Å². The number of aromatic nitrogens is 2. The van der Waals surface area contributed by atoms with Crippen molar-refractivity contribution in [2.45, 2.75) is 38.1 Å². The van der Waals surface area contributed by atoms with Crippen molar-refractivity contribution < 1.29 is 9.53 Å². The molecule has 0 saturated heterocycles. The van der Waals surface area contributed by atoms with Gasteiger partial charge < -0.3 is 14.6 Å². The summed E-state index contributed by atoms with van der Waals surface area (Å²) in [5.74, 6) is 3.92. The van der Waals surface area contributed by atoms with E-state index in [-0.39, 0.29) is 11.9 Å². The first-order chi connectivity index (χ1) is 12.6. The molecule has 26 heavy (non-hydrogen) atoms. The Hall–Kier alpha value is -2.30. The van der Waals surface area contributed by atoms with Gasteiger partial charge in [0.05, 0.1) is 7.11 Å². The van der Waals surface area contributed by atoms with E-state index in [2.05, 4.69) is 10.3 Å². The Balaban J connectivity index is 1.53. The van der Waals surface area contributed by atoms with E-state index < -0.39 is 0 Å². The number of methoxy groups -OCH3 is 1. The van der Waals surface area contributed by atoms with Crippen LogP contribution in [0.4, 0.5) is 0 Å². The van der Waals surface area contributed by atoms with Crippen LogP contribution in [0.2, 0.25) is 0 Å². The minimum atomic E-state index is -0.267. The highest BCUT2D eigenvalue weighted by Crippen LogP contribution is 2.49. The number of carbonyl (C=O) groups excluding carboxylic acids is 1. The second-order valence-corrected chi connectivity index (χ2v) is 7.81. The molecule has 4 unspecified atom stereocenters. The van der Waals surface area contributed by atoms with Crippen molar-refractivity contribution in [3.8, 4) is 5.75 Å². The second-order valence-electron chi connectivity index (χ2n) is 7.81. The van der Waals surface area contributed by atoms with Crippen molar-refractivity contribution in [3.63, 3.8) is 0 Å². The van der Waals surface area contributed by atoms with Crippen LogP contribution >= 0.6 is 0 Å². The topological polar surface area (TPSA) is 56.1 Å². The Labute approximate surface area is 154 Å². The molecule has 1 N–H and O–H groups in total. The van der Waals surface area contributed by atoms with Crippen molar-refractivity contribution in [2.24, 2.45) is 24.8 Å². The summed E-state index contributed by atoms with van der Waals surface area (Å²) >= 11 is 0. The first kappa shape index (κ1) is 17.1. The van der Waals surface area contributed by atoms with Gasteiger partial charge in [-0.3, -0.25) is 4.79 Å². The predicted octanol–water partition coefficient (Wildman–Crippen LogP) is 3.46. The molecule has 2 fully saturated rings. The van der Waals surface area contributed by atoms with Crippen LogP contribution < -0.4 is 10.1 Å². The number of carbonyl (C=O) groups is 1. The number of fused-ring (bicyclic) bond motifs is 2. The van der Waals surface area contributed by atoms with Gasteiger partial charge in [-0.15, -0.1) is 0 Å². The fourth-order valence-corrected chi connectivity index (χ4v) is 4.86. The number of hydrogen-bond donors (Lipinski definition) is 1. The maximum atomic E-state index is 12.8. The summed E-state index contributed by atoms with van der Waals surface area (Å²) in [5, 5.41) is 3.24. The standard InChI is InChI=1S/C21H27N3O2/c1-24-9-8-22-21(24)20(16-4-3-5-18(12-16)26-2)23-19(25)13-17-11-14-6-7-15(17)10-14/h3-5,8-9,12,14-15,17,20H,6-7,10-11,13H2,1-2H3,(H,23,25). The molecule has 4 rings (SSSR count). The van der Waals surface area contributed by atoms with E-state index in [4.69, 9.17) is 4.74 Å². The number of hydrogen-bond acceptors (Lipinski definition) is 3. The maximum absolute atomic E-state index is 12.8. The third-order valence-corrected chi connectivity index (χ3v) is 6.18. The summed E-state index contributed by atoms with van der Waals surface area (Å²) in [6, 6.07) is 7.58. The molecule has 2 bridgehead atoms. The molecule has 1 heterocycles. The summed E-state index contributed by atoms with van der Waals surface area (Å²) in [6.07, 6.45) is 9.53. The number of ether oxygens (including phenoxy) is 1. The number of aryl methyl sites for hydroxylation is 1. The third-order valence-electron chi connectivity index (χ3n) is 6.18. The lowest BCUT2D eigenvalue weighted by Gasteiger charge is -2.24. The third kappa shape index (κ3) is 3.35. The van der Waals surface area contributed by atoms with E-state index in [1.807, 2.05) is 42.1 Å². The Morgan fingerprint density at radius 3 is 2.92 bits per heavy atom. The first-order valence-corrected chi connectivity index (χ1v) is 9.54. The molecule has 5 heteroatoms. The SMILES string of the molecule is COc1cccc(C(NC(=O)CC2CC3CCC2C3)c2nccn2C)c1. The number of rotatable bonds is 6. The molecular weight excluding hydrogens is 326 g/mol.